The molecule has 1 aromatic carbocycles. The van der Waals surface area contributed by atoms with Gasteiger partial charge in [0.25, 0.3) is 10.0 Å². The van der Waals surface area contributed by atoms with Crippen LogP contribution in [0.1, 0.15) is 5.82 Å². The van der Waals surface area contributed by atoms with Gasteiger partial charge in [-0.25, -0.2) is 8.42 Å². The number of aromatic nitrogens is 4. The normalized spacial score (nSPS) is 11.9. The Hall–Kier alpha value is -3.00. The van der Waals surface area contributed by atoms with Crippen LogP contribution in [0.4, 0.5) is 5.69 Å². The maximum atomic E-state index is 12.9. The summed E-state index contributed by atoms with van der Waals surface area (Å²) in [6, 6.07) is 12.0. The van der Waals surface area contributed by atoms with E-state index in [1.54, 1.807) is 48.0 Å². The van der Waals surface area contributed by atoms with E-state index in [9.17, 15) is 8.42 Å². The lowest BCUT2D eigenvalue weighted by Gasteiger charge is -2.10. The highest BCUT2D eigenvalue weighted by Crippen LogP contribution is 2.24. The molecule has 4 aromatic rings. The molecule has 0 unspecified atom stereocenters. The monoisotopic (exact) mass is 339 g/mol. The maximum Gasteiger partial charge on any atom is 0.264 e. The highest BCUT2D eigenvalue weighted by molar-refractivity contribution is 7.93. The van der Waals surface area contributed by atoms with Crippen LogP contribution in [-0.4, -0.2) is 28.0 Å². The van der Waals surface area contributed by atoms with Crippen LogP contribution in [-0.2, 0) is 10.0 Å². The average Bonchev–Trinajstić information content (AvgIpc) is 2.96. The van der Waals surface area contributed by atoms with Gasteiger partial charge in [0, 0.05) is 17.8 Å². The van der Waals surface area contributed by atoms with E-state index in [2.05, 4.69) is 19.9 Å². The molecule has 24 heavy (non-hydrogen) atoms. The molecule has 3 heterocycles. The molecule has 4 rings (SSSR count). The first kappa shape index (κ1) is 14.6. The Morgan fingerprint density at radius 1 is 1.04 bits per heavy atom. The van der Waals surface area contributed by atoms with Crippen molar-refractivity contribution in [2.24, 2.45) is 0 Å². The SMILES string of the molecule is Cc1nnc2c(NS(=O)(=O)c3cccc4cccnc34)cccn12. The van der Waals surface area contributed by atoms with Gasteiger partial charge < -0.3 is 0 Å². The summed E-state index contributed by atoms with van der Waals surface area (Å²) in [5, 5.41) is 8.76. The van der Waals surface area contributed by atoms with Crippen molar-refractivity contribution < 1.29 is 8.42 Å². The van der Waals surface area contributed by atoms with E-state index in [0.29, 0.717) is 22.7 Å². The molecule has 0 saturated heterocycles. The Morgan fingerprint density at radius 2 is 1.88 bits per heavy atom. The number of sulfonamides is 1. The predicted octanol–water partition coefficient (Wildman–Crippen LogP) is 2.39. The van der Waals surface area contributed by atoms with Gasteiger partial charge in [-0.15, -0.1) is 10.2 Å². The number of fused-ring (bicyclic) bond motifs is 2. The Morgan fingerprint density at radius 3 is 2.75 bits per heavy atom. The number of nitrogens with zero attached hydrogens (tertiary/aromatic N) is 4. The van der Waals surface area contributed by atoms with Gasteiger partial charge in [-0.2, -0.15) is 0 Å². The van der Waals surface area contributed by atoms with Crippen LogP contribution in [0, 0.1) is 6.92 Å². The average molecular weight is 339 g/mol. The molecule has 7 nitrogen and oxygen atoms in total. The van der Waals surface area contributed by atoms with Crippen LogP contribution < -0.4 is 4.72 Å². The molecule has 0 aliphatic rings. The summed E-state index contributed by atoms with van der Waals surface area (Å²) in [6.07, 6.45) is 3.35. The number of aryl methyl sites for hydroxylation is 1. The first-order chi connectivity index (χ1) is 11.6. The van der Waals surface area contributed by atoms with Crippen molar-refractivity contribution in [2.75, 3.05) is 4.72 Å². The van der Waals surface area contributed by atoms with Crippen LogP contribution in [0.15, 0.2) is 59.8 Å². The molecule has 0 amide bonds. The molecule has 3 aromatic heterocycles. The summed E-state index contributed by atoms with van der Waals surface area (Å²) in [5.74, 6) is 0.679. The van der Waals surface area contributed by atoms with Crippen LogP contribution in [0.25, 0.3) is 16.6 Å². The van der Waals surface area contributed by atoms with Crippen LogP contribution in [0.3, 0.4) is 0 Å². The second-order valence-corrected chi connectivity index (χ2v) is 6.95. The van der Waals surface area contributed by atoms with Crippen LogP contribution in [0.2, 0.25) is 0 Å². The van der Waals surface area contributed by atoms with Crippen molar-refractivity contribution >= 4 is 32.3 Å². The molecule has 0 saturated carbocycles. The minimum atomic E-state index is -3.82. The number of hydrogen-bond donors (Lipinski definition) is 1. The van der Waals surface area contributed by atoms with Gasteiger partial charge >= 0.3 is 0 Å². The number of rotatable bonds is 3. The van der Waals surface area contributed by atoms with Crippen molar-refractivity contribution in [2.45, 2.75) is 11.8 Å². The molecule has 0 aliphatic heterocycles. The van der Waals surface area contributed by atoms with Crippen LogP contribution >= 0.6 is 0 Å². The second kappa shape index (κ2) is 5.27. The fourth-order valence-corrected chi connectivity index (χ4v) is 3.85. The van der Waals surface area contributed by atoms with E-state index in [1.807, 2.05) is 12.1 Å². The van der Waals surface area contributed by atoms with E-state index >= 15 is 0 Å². The van der Waals surface area contributed by atoms with Crippen molar-refractivity contribution in [1.29, 1.82) is 0 Å². The number of anilines is 1. The molecule has 0 atom stereocenters. The number of hydrogen-bond acceptors (Lipinski definition) is 5. The molecule has 0 aliphatic carbocycles. The lowest BCUT2D eigenvalue weighted by Crippen LogP contribution is -2.14. The van der Waals surface area contributed by atoms with E-state index in [0.717, 1.165) is 5.39 Å². The standard InChI is InChI=1S/C16H13N5O2S/c1-11-18-19-16-13(7-4-10-21(11)16)20-24(22,23)14-8-2-5-12-6-3-9-17-15(12)14/h2-10,20H,1H3. The first-order valence-electron chi connectivity index (χ1n) is 7.23. The summed E-state index contributed by atoms with van der Waals surface area (Å²) in [5.41, 5.74) is 1.25. The second-order valence-electron chi connectivity index (χ2n) is 5.30. The summed E-state index contributed by atoms with van der Waals surface area (Å²) >= 11 is 0. The fraction of sp³-hybridized carbons (Fsp3) is 0.0625. The Labute approximate surface area is 138 Å². The Bertz CT molecular complexity index is 1160. The van der Waals surface area contributed by atoms with Gasteiger partial charge in [-0.3, -0.25) is 14.1 Å². The third kappa shape index (κ3) is 2.28. The number of para-hydroxylation sites is 1. The zero-order chi connectivity index (χ0) is 16.7. The lowest BCUT2D eigenvalue weighted by atomic mass is 10.2. The number of nitrogens with one attached hydrogen (secondary N) is 1. The molecular formula is C16H13N5O2S. The molecule has 0 radical (unpaired) electrons. The Kier molecular flexibility index (Phi) is 3.20. The van der Waals surface area contributed by atoms with Gasteiger partial charge in [0.05, 0.1) is 11.2 Å². The minimum absolute atomic E-state index is 0.124. The topological polar surface area (TPSA) is 89.2 Å². The van der Waals surface area contributed by atoms with E-state index in [-0.39, 0.29) is 4.90 Å². The zero-order valence-corrected chi connectivity index (χ0v) is 13.5. The van der Waals surface area contributed by atoms with Crippen molar-refractivity contribution in [3.63, 3.8) is 0 Å². The lowest BCUT2D eigenvalue weighted by molar-refractivity contribution is 0.602. The first-order valence-corrected chi connectivity index (χ1v) is 8.71. The van der Waals surface area contributed by atoms with Crippen molar-refractivity contribution in [3.8, 4) is 0 Å². The molecule has 8 heteroatoms. The van der Waals surface area contributed by atoms with E-state index in [1.165, 1.54) is 6.07 Å². The Balaban J connectivity index is 1.85. The largest absolute Gasteiger partial charge is 0.285 e. The fourth-order valence-electron chi connectivity index (χ4n) is 2.60. The zero-order valence-electron chi connectivity index (χ0n) is 12.7. The summed E-state index contributed by atoms with van der Waals surface area (Å²) in [4.78, 5) is 4.33. The summed E-state index contributed by atoms with van der Waals surface area (Å²) in [7, 11) is -3.82. The molecule has 0 spiro atoms. The molecule has 0 bridgehead atoms. The van der Waals surface area contributed by atoms with Gasteiger partial charge in [-0.1, -0.05) is 18.2 Å². The smallest absolute Gasteiger partial charge is 0.264 e. The summed E-state index contributed by atoms with van der Waals surface area (Å²) in [6.45, 7) is 1.80. The highest BCUT2D eigenvalue weighted by Gasteiger charge is 2.20. The van der Waals surface area contributed by atoms with E-state index in [4.69, 9.17) is 0 Å². The number of pyridine rings is 2. The van der Waals surface area contributed by atoms with Crippen molar-refractivity contribution in [1.82, 2.24) is 19.6 Å². The molecule has 120 valence electrons. The van der Waals surface area contributed by atoms with Crippen molar-refractivity contribution in [3.05, 3.63) is 60.7 Å². The minimum Gasteiger partial charge on any atom is -0.285 e. The summed E-state index contributed by atoms with van der Waals surface area (Å²) < 4.78 is 30.0. The van der Waals surface area contributed by atoms with Crippen LogP contribution in [0.5, 0.6) is 0 Å². The molecule has 0 fully saturated rings. The maximum absolute atomic E-state index is 12.9. The highest BCUT2D eigenvalue weighted by atomic mass is 32.2. The van der Waals surface area contributed by atoms with E-state index < -0.39 is 10.0 Å². The third-order valence-corrected chi connectivity index (χ3v) is 5.13. The van der Waals surface area contributed by atoms with Gasteiger partial charge in [-0.05, 0) is 31.2 Å². The molecule has 1 N–H and O–H groups in total. The number of benzene rings is 1. The molecular weight excluding hydrogens is 326 g/mol. The quantitative estimate of drug-likeness (QED) is 0.619. The van der Waals surface area contributed by atoms with Gasteiger partial charge in [0.15, 0.2) is 5.65 Å². The third-order valence-electron chi connectivity index (χ3n) is 3.73. The van der Waals surface area contributed by atoms with Gasteiger partial charge in [0.2, 0.25) is 0 Å². The predicted molar refractivity (Wildman–Crippen MR) is 90.3 cm³/mol. The van der Waals surface area contributed by atoms with Gasteiger partial charge in [0.1, 0.15) is 10.7 Å².